The molecule has 1 aliphatic carbocycles. The molecular weight excluding hydrogens is 401 g/mol. The molecule has 0 spiro atoms. The summed E-state index contributed by atoms with van der Waals surface area (Å²) in [5.74, 6) is -1.29. The highest BCUT2D eigenvalue weighted by Gasteiger charge is 2.44. The van der Waals surface area contributed by atoms with E-state index in [0.29, 0.717) is 5.92 Å². The molecule has 3 aliphatic rings. The van der Waals surface area contributed by atoms with E-state index in [-0.39, 0.29) is 17.9 Å². The van der Waals surface area contributed by atoms with Crippen LogP contribution in [0.15, 0.2) is 30.3 Å². The first-order valence-electron chi connectivity index (χ1n) is 10.2. The van der Waals surface area contributed by atoms with Crippen LogP contribution in [0, 0.1) is 17.8 Å². The van der Waals surface area contributed by atoms with Crippen LogP contribution in [-0.2, 0) is 20.9 Å². The molecule has 0 radical (unpaired) electrons. The van der Waals surface area contributed by atoms with E-state index in [1.165, 1.54) is 18.4 Å². The van der Waals surface area contributed by atoms with Gasteiger partial charge in [-0.3, -0.25) is 9.69 Å². The van der Waals surface area contributed by atoms with E-state index in [0.717, 1.165) is 45.1 Å². The predicted molar refractivity (Wildman–Crippen MR) is 102 cm³/mol. The Morgan fingerprint density at radius 3 is 2.40 bits per heavy atom. The molecule has 0 bridgehead atoms. The molecule has 1 saturated carbocycles. The molecule has 166 valence electrons. The Hall–Kier alpha value is -2.13. The number of amides is 1. The van der Waals surface area contributed by atoms with Gasteiger partial charge in [-0.2, -0.15) is 13.2 Å². The van der Waals surface area contributed by atoms with Gasteiger partial charge in [0.1, 0.15) is 0 Å². The lowest BCUT2D eigenvalue weighted by Gasteiger charge is -2.39. The Morgan fingerprint density at radius 2 is 1.80 bits per heavy atom. The first-order valence-corrected chi connectivity index (χ1v) is 10.2. The van der Waals surface area contributed by atoms with E-state index in [9.17, 15) is 18.0 Å². The summed E-state index contributed by atoms with van der Waals surface area (Å²) >= 11 is 0. The molecule has 3 atom stereocenters. The van der Waals surface area contributed by atoms with Crippen molar-refractivity contribution in [1.29, 1.82) is 0 Å². The number of fused-ring (bicyclic) bond motifs is 1. The molecule has 2 heterocycles. The number of benzene rings is 1. The van der Waals surface area contributed by atoms with Gasteiger partial charge < -0.3 is 15.2 Å². The normalized spacial score (nSPS) is 26.3. The number of hydrogen-bond acceptors (Lipinski definition) is 4. The standard InChI is InChI=1S/C19H26N2O2.C2HF3O2/c22-19(20-10-14-6-7-14)17-12-21(11-15-4-2-1-3-5-15)13-18-16(17)8-9-23-18;3-2(4,5)1(6)7/h1-5,14,16-18H,6-13H2,(H,20,22);(H,6,7)/t16-,17+,18+;/m0./s1. The second kappa shape index (κ2) is 9.78. The number of nitrogens with zero attached hydrogens (tertiary/aromatic N) is 1. The van der Waals surface area contributed by atoms with Gasteiger partial charge in [0.25, 0.3) is 0 Å². The largest absolute Gasteiger partial charge is 0.490 e. The Bertz CT molecular complexity index is 725. The predicted octanol–water partition coefficient (Wildman–Crippen LogP) is 2.68. The number of carboxylic acid groups (broad SMARTS) is 1. The van der Waals surface area contributed by atoms with Crippen molar-refractivity contribution in [2.75, 3.05) is 26.2 Å². The smallest absolute Gasteiger partial charge is 0.475 e. The maximum absolute atomic E-state index is 12.7. The molecule has 4 rings (SSSR count). The van der Waals surface area contributed by atoms with E-state index < -0.39 is 12.1 Å². The Labute approximate surface area is 173 Å². The van der Waals surface area contributed by atoms with Gasteiger partial charge in [-0.25, -0.2) is 4.79 Å². The highest BCUT2D eigenvalue weighted by atomic mass is 19.4. The fraction of sp³-hybridized carbons (Fsp3) is 0.619. The van der Waals surface area contributed by atoms with Crippen LogP contribution in [0.4, 0.5) is 13.2 Å². The lowest BCUT2D eigenvalue weighted by Crippen LogP contribution is -2.52. The van der Waals surface area contributed by atoms with Crippen molar-refractivity contribution in [2.45, 2.75) is 38.1 Å². The second-order valence-corrected chi connectivity index (χ2v) is 8.14. The van der Waals surface area contributed by atoms with Gasteiger partial charge in [-0.15, -0.1) is 0 Å². The summed E-state index contributed by atoms with van der Waals surface area (Å²) in [6.45, 7) is 4.38. The maximum Gasteiger partial charge on any atom is 0.490 e. The van der Waals surface area contributed by atoms with Crippen LogP contribution in [0.25, 0.3) is 0 Å². The molecule has 3 fully saturated rings. The van der Waals surface area contributed by atoms with E-state index >= 15 is 0 Å². The number of hydrogen-bond donors (Lipinski definition) is 2. The van der Waals surface area contributed by atoms with Crippen molar-refractivity contribution >= 4 is 11.9 Å². The maximum atomic E-state index is 12.7. The van der Waals surface area contributed by atoms with E-state index in [1.54, 1.807) is 0 Å². The fourth-order valence-corrected chi connectivity index (χ4v) is 4.00. The van der Waals surface area contributed by atoms with E-state index in [1.807, 2.05) is 6.07 Å². The Balaban J connectivity index is 0.000000318. The SMILES string of the molecule is O=C(NCC1CC1)[C@@H]1CN(Cc2ccccc2)C[C@H]2OCC[C@H]21.O=C(O)C(F)(F)F. The molecule has 2 saturated heterocycles. The summed E-state index contributed by atoms with van der Waals surface area (Å²) in [6, 6.07) is 10.5. The minimum atomic E-state index is -5.08. The van der Waals surface area contributed by atoms with Gasteiger partial charge in [0.15, 0.2) is 0 Å². The molecule has 6 nitrogen and oxygen atoms in total. The zero-order valence-electron chi connectivity index (χ0n) is 16.6. The van der Waals surface area contributed by atoms with Crippen LogP contribution in [0.5, 0.6) is 0 Å². The number of aliphatic carboxylic acids is 1. The quantitative estimate of drug-likeness (QED) is 0.754. The lowest BCUT2D eigenvalue weighted by atomic mass is 9.82. The molecule has 2 N–H and O–H groups in total. The van der Waals surface area contributed by atoms with E-state index in [4.69, 9.17) is 14.6 Å². The van der Waals surface area contributed by atoms with Crippen molar-refractivity contribution in [2.24, 2.45) is 17.8 Å². The highest BCUT2D eigenvalue weighted by molar-refractivity contribution is 5.79. The Morgan fingerprint density at radius 1 is 1.13 bits per heavy atom. The number of carbonyl (C=O) groups excluding carboxylic acids is 1. The molecule has 0 unspecified atom stereocenters. The van der Waals surface area contributed by atoms with Crippen molar-refractivity contribution in [1.82, 2.24) is 10.2 Å². The van der Waals surface area contributed by atoms with Crippen molar-refractivity contribution in [3.63, 3.8) is 0 Å². The zero-order valence-corrected chi connectivity index (χ0v) is 16.6. The highest BCUT2D eigenvalue weighted by Crippen LogP contribution is 2.35. The topological polar surface area (TPSA) is 78.9 Å². The number of nitrogens with one attached hydrogen (secondary N) is 1. The van der Waals surface area contributed by atoms with Crippen LogP contribution >= 0.6 is 0 Å². The number of halogens is 3. The number of likely N-dealkylation sites (tertiary alicyclic amines) is 1. The van der Waals surface area contributed by atoms with Crippen molar-refractivity contribution < 1.29 is 32.6 Å². The van der Waals surface area contributed by atoms with Gasteiger partial charge in [-0.05, 0) is 30.7 Å². The number of alkyl halides is 3. The number of carbonyl (C=O) groups is 2. The average Bonchev–Trinajstić information content (AvgIpc) is 3.41. The first kappa shape index (κ1) is 22.6. The molecule has 0 aromatic heterocycles. The van der Waals surface area contributed by atoms with Crippen molar-refractivity contribution in [3.8, 4) is 0 Å². The summed E-state index contributed by atoms with van der Waals surface area (Å²) in [5.41, 5.74) is 1.31. The van der Waals surface area contributed by atoms with Gasteiger partial charge in [-0.1, -0.05) is 30.3 Å². The fourth-order valence-electron chi connectivity index (χ4n) is 4.00. The second-order valence-electron chi connectivity index (χ2n) is 8.14. The van der Waals surface area contributed by atoms with E-state index in [2.05, 4.69) is 34.5 Å². The molecule has 1 aromatic rings. The van der Waals surface area contributed by atoms with Crippen LogP contribution in [-0.4, -0.2) is 60.4 Å². The monoisotopic (exact) mass is 428 g/mol. The number of carboxylic acids is 1. The van der Waals surface area contributed by atoms with Crippen LogP contribution in [0.1, 0.15) is 24.8 Å². The van der Waals surface area contributed by atoms with Gasteiger partial charge in [0.2, 0.25) is 5.91 Å². The minimum absolute atomic E-state index is 0.0821. The third kappa shape index (κ3) is 6.43. The van der Waals surface area contributed by atoms with Gasteiger partial charge in [0, 0.05) is 38.7 Å². The molecule has 2 aliphatic heterocycles. The lowest BCUT2D eigenvalue weighted by molar-refractivity contribution is -0.192. The number of piperidine rings is 1. The number of ether oxygens (including phenoxy) is 1. The van der Waals surface area contributed by atoms with Crippen LogP contribution in [0.2, 0.25) is 0 Å². The molecule has 30 heavy (non-hydrogen) atoms. The summed E-state index contributed by atoms with van der Waals surface area (Å²) in [6.07, 6.45) is -1.27. The van der Waals surface area contributed by atoms with Crippen molar-refractivity contribution in [3.05, 3.63) is 35.9 Å². The number of rotatable bonds is 5. The summed E-state index contributed by atoms with van der Waals surface area (Å²) in [4.78, 5) is 24.0. The van der Waals surface area contributed by atoms with Gasteiger partial charge >= 0.3 is 12.1 Å². The molecule has 9 heteroatoms. The molecular formula is C21H27F3N2O4. The third-order valence-corrected chi connectivity index (χ3v) is 5.76. The summed E-state index contributed by atoms with van der Waals surface area (Å²) < 4.78 is 37.7. The Kier molecular flexibility index (Phi) is 7.36. The third-order valence-electron chi connectivity index (χ3n) is 5.76. The molecule has 1 amide bonds. The van der Waals surface area contributed by atoms with Gasteiger partial charge in [0.05, 0.1) is 12.0 Å². The minimum Gasteiger partial charge on any atom is -0.475 e. The van der Waals surface area contributed by atoms with Crippen LogP contribution in [0.3, 0.4) is 0 Å². The first-order chi connectivity index (χ1) is 14.2. The zero-order chi connectivity index (χ0) is 21.7. The average molecular weight is 428 g/mol. The summed E-state index contributed by atoms with van der Waals surface area (Å²) in [7, 11) is 0. The van der Waals surface area contributed by atoms with Crippen LogP contribution < -0.4 is 5.32 Å². The summed E-state index contributed by atoms with van der Waals surface area (Å²) in [5, 5.41) is 10.3. The molecule has 1 aromatic carbocycles.